The van der Waals surface area contributed by atoms with Gasteiger partial charge >= 0.3 is 5.91 Å². The predicted octanol–water partition coefficient (Wildman–Crippen LogP) is 3.88. The minimum absolute atomic E-state index is 0.196. The monoisotopic (exact) mass is 490 g/mol. The van der Waals surface area contributed by atoms with Crippen molar-refractivity contribution >= 4 is 28.8 Å². The van der Waals surface area contributed by atoms with Crippen LogP contribution in [-0.4, -0.2) is 39.5 Å². The molecule has 0 bridgehead atoms. The lowest BCUT2D eigenvalue weighted by Crippen LogP contribution is -2.51. The fourth-order valence-corrected chi connectivity index (χ4v) is 4.67. The standard InChI is InChI=1S/C24H18N4O8/c1-25-21-17(12-16(26(31)32)13-18(21)27(33)34)20(22(24(25)30)28(35)36)19(14-8-4-2-5-9-14)23(29)15-10-6-3-7-11-15/h2-13,19-20,22H,1H3. The smallest absolute Gasteiger partial charge is 0.302 e. The number of Topliss-reactive ketones (excluding diaryl/α,β-unsaturated/α-hetero) is 1. The van der Waals surface area contributed by atoms with E-state index in [1.807, 2.05) is 0 Å². The van der Waals surface area contributed by atoms with Crippen LogP contribution >= 0.6 is 0 Å². The van der Waals surface area contributed by atoms with Crippen LogP contribution in [0.3, 0.4) is 0 Å². The molecule has 1 heterocycles. The van der Waals surface area contributed by atoms with Crippen LogP contribution in [0.2, 0.25) is 0 Å². The van der Waals surface area contributed by atoms with Gasteiger partial charge in [-0.2, -0.15) is 0 Å². The molecule has 12 heteroatoms. The molecular weight excluding hydrogens is 472 g/mol. The Balaban J connectivity index is 2.10. The number of non-ortho nitro benzene ring substituents is 1. The second-order valence-corrected chi connectivity index (χ2v) is 8.19. The Bertz CT molecular complexity index is 1390. The molecule has 3 aromatic rings. The van der Waals surface area contributed by atoms with Crippen molar-refractivity contribution in [2.45, 2.75) is 17.9 Å². The van der Waals surface area contributed by atoms with Gasteiger partial charge in [0.05, 0.1) is 27.7 Å². The quantitative estimate of drug-likeness (QED) is 0.273. The first-order valence-electron chi connectivity index (χ1n) is 10.7. The summed E-state index contributed by atoms with van der Waals surface area (Å²) in [4.78, 5) is 61.0. The van der Waals surface area contributed by atoms with Gasteiger partial charge in [0.25, 0.3) is 17.4 Å². The number of carbonyl (C=O) groups is 2. The molecule has 12 nitrogen and oxygen atoms in total. The lowest BCUT2D eigenvalue weighted by molar-refractivity contribution is -0.512. The van der Waals surface area contributed by atoms with Crippen LogP contribution in [0.25, 0.3) is 0 Å². The summed E-state index contributed by atoms with van der Waals surface area (Å²) in [5.41, 5.74) is -1.45. The predicted molar refractivity (Wildman–Crippen MR) is 127 cm³/mol. The van der Waals surface area contributed by atoms with Crippen LogP contribution in [0.1, 0.15) is 33.3 Å². The topological polar surface area (TPSA) is 167 Å². The minimum Gasteiger partial charge on any atom is -0.303 e. The van der Waals surface area contributed by atoms with Gasteiger partial charge in [0, 0.05) is 29.2 Å². The number of amides is 1. The summed E-state index contributed by atoms with van der Waals surface area (Å²) in [7, 11) is 1.13. The first kappa shape index (κ1) is 24.1. The molecule has 0 radical (unpaired) electrons. The Kier molecular flexibility index (Phi) is 6.26. The fraction of sp³-hybridized carbons (Fsp3) is 0.167. The molecule has 0 aliphatic carbocycles. The molecule has 0 spiro atoms. The summed E-state index contributed by atoms with van der Waals surface area (Å²) >= 11 is 0. The molecule has 36 heavy (non-hydrogen) atoms. The zero-order valence-electron chi connectivity index (χ0n) is 18.7. The number of hydrogen-bond acceptors (Lipinski definition) is 8. The summed E-state index contributed by atoms with van der Waals surface area (Å²) in [5.74, 6) is -4.55. The largest absolute Gasteiger partial charge is 0.303 e. The second kappa shape index (κ2) is 9.33. The third-order valence-electron chi connectivity index (χ3n) is 6.22. The molecule has 0 N–H and O–H groups in total. The number of benzene rings is 3. The van der Waals surface area contributed by atoms with Crippen LogP contribution in [0.15, 0.2) is 72.8 Å². The number of nitro groups is 3. The van der Waals surface area contributed by atoms with Crippen molar-refractivity contribution in [2.24, 2.45) is 0 Å². The molecular formula is C24H18N4O8. The van der Waals surface area contributed by atoms with Crippen LogP contribution < -0.4 is 4.90 Å². The van der Waals surface area contributed by atoms with E-state index in [2.05, 4.69) is 0 Å². The van der Waals surface area contributed by atoms with Crippen LogP contribution in [0.4, 0.5) is 17.1 Å². The fourth-order valence-electron chi connectivity index (χ4n) is 4.67. The summed E-state index contributed by atoms with van der Waals surface area (Å²) in [6.45, 7) is 0. The number of fused-ring (bicyclic) bond motifs is 1. The first-order chi connectivity index (χ1) is 17.1. The molecule has 1 aliphatic rings. The highest BCUT2D eigenvalue weighted by Crippen LogP contribution is 2.50. The highest BCUT2D eigenvalue weighted by atomic mass is 16.6. The van der Waals surface area contributed by atoms with E-state index >= 15 is 0 Å². The number of nitrogens with zero attached hydrogens (tertiary/aromatic N) is 4. The minimum atomic E-state index is -2.03. The third kappa shape index (κ3) is 4.04. The van der Waals surface area contributed by atoms with Gasteiger partial charge in [0.1, 0.15) is 5.69 Å². The Morgan fingerprint density at radius 2 is 1.47 bits per heavy atom. The molecule has 0 fully saturated rings. The van der Waals surface area contributed by atoms with Crippen LogP contribution in [-0.2, 0) is 4.79 Å². The highest BCUT2D eigenvalue weighted by Gasteiger charge is 2.55. The van der Waals surface area contributed by atoms with Crippen molar-refractivity contribution in [3.8, 4) is 0 Å². The maximum absolute atomic E-state index is 13.8. The molecule has 1 aliphatic heterocycles. The lowest BCUT2D eigenvalue weighted by atomic mass is 9.71. The third-order valence-corrected chi connectivity index (χ3v) is 6.22. The number of rotatable bonds is 7. The number of anilines is 1. The maximum atomic E-state index is 13.8. The number of likely N-dealkylation sites (N-methyl/N-ethyl adjacent to an activating group) is 1. The molecule has 0 aromatic heterocycles. The van der Waals surface area contributed by atoms with Gasteiger partial charge in [0.2, 0.25) is 0 Å². The average molecular weight is 490 g/mol. The molecule has 0 saturated heterocycles. The van der Waals surface area contributed by atoms with E-state index in [1.165, 1.54) is 12.1 Å². The molecule has 182 valence electrons. The van der Waals surface area contributed by atoms with Crippen molar-refractivity contribution in [2.75, 3.05) is 11.9 Å². The van der Waals surface area contributed by atoms with E-state index in [0.29, 0.717) is 11.6 Å². The van der Waals surface area contributed by atoms with E-state index in [4.69, 9.17) is 0 Å². The Morgan fingerprint density at radius 3 is 2.00 bits per heavy atom. The van der Waals surface area contributed by atoms with Crippen molar-refractivity contribution in [3.05, 3.63) is 120 Å². The zero-order chi connectivity index (χ0) is 26.1. The van der Waals surface area contributed by atoms with Crippen molar-refractivity contribution in [1.29, 1.82) is 0 Å². The average Bonchev–Trinajstić information content (AvgIpc) is 2.87. The highest BCUT2D eigenvalue weighted by molar-refractivity contribution is 6.06. The first-order valence-corrected chi connectivity index (χ1v) is 10.7. The summed E-state index contributed by atoms with van der Waals surface area (Å²) in [6, 6.07) is 15.5. The van der Waals surface area contributed by atoms with Gasteiger partial charge < -0.3 is 4.90 Å². The molecule has 3 atom stereocenters. The van der Waals surface area contributed by atoms with Crippen molar-refractivity contribution in [3.63, 3.8) is 0 Å². The number of carbonyl (C=O) groups excluding carboxylic acids is 2. The van der Waals surface area contributed by atoms with Gasteiger partial charge in [0.15, 0.2) is 5.78 Å². The van der Waals surface area contributed by atoms with E-state index in [0.717, 1.165) is 18.0 Å². The Labute approximate surface area is 203 Å². The van der Waals surface area contributed by atoms with E-state index in [-0.39, 0.29) is 16.8 Å². The van der Waals surface area contributed by atoms with Crippen LogP contribution in [0.5, 0.6) is 0 Å². The molecule has 3 unspecified atom stereocenters. The molecule has 1 amide bonds. The zero-order valence-corrected chi connectivity index (χ0v) is 18.7. The van der Waals surface area contributed by atoms with Gasteiger partial charge in [-0.1, -0.05) is 60.7 Å². The van der Waals surface area contributed by atoms with Gasteiger partial charge in [-0.15, -0.1) is 0 Å². The SMILES string of the molecule is CN1C(=O)C([N+](=O)[O-])C(C(C(=O)c2ccccc2)c2ccccc2)c2cc([N+](=O)[O-])cc([N+](=O)[O-])c21. The molecule has 4 rings (SSSR count). The van der Waals surface area contributed by atoms with E-state index in [1.54, 1.807) is 48.5 Å². The molecule has 3 aromatic carbocycles. The summed E-state index contributed by atoms with van der Waals surface area (Å²) in [5, 5.41) is 35.7. The normalized spacial score (nSPS) is 17.7. The Morgan fingerprint density at radius 1 is 0.889 bits per heavy atom. The van der Waals surface area contributed by atoms with Gasteiger partial charge in [-0.3, -0.25) is 39.9 Å². The molecule has 0 saturated carbocycles. The number of hydrogen-bond donors (Lipinski definition) is 0. The van der Waals surface area contributed by atoms with Gasteiger partial charge in [-0.05, 0) is 5.56 Å². The van der Waals surface area contributed by atoms with Crippen molar-refractivity contribution < 1.29 is 24.4 Å². The summed E-state index contributed by atoms with van der Waals surface area (Å²) < 4.78 is 0. The van der Waals surface area contributed by atoms with Crippen LogP contribution in [0, 0.1) is 30.3 Å². The van der Waals surface area contributed by atoms with Crippen molar-refractivity contribution in [1.82, 2.24) is 0 Å². The van der Waals surface area contributed by atoms with E-state index < -0.39 is 55.7 Å². The van der Waals surface area contributed by atoms with E-state index in [9.17, 15) is 39.9 Å². The Hall–Kier alpha value is -5.00. The second-order valence-electron chi connectivity index (χ2n) is 8.19. The number of ketones is 1. The summed E-state index contributed by atoms with van der Waals surface area (Å²) in [6.07, 6.45) is 0. The lowest BCUT2D eigenvalue weighted by Gasteiger charge is -2.36. The maximum Gasteiger partial charge on any atom is 0.302 e. The number of nitro benzene ring substituents is 2. The van der Waals surface area contributed by atoms with Gasteiger partial charge in [-0.25, -0.2) is 0 Å².